The molecule has 1 saturated heterocycles. The number of carbonyl (C=O) groups is 2. The van der Waals surface area contributed by atoms with Crippen LogP contribution in [0.15, 0.2) is 88.1 Å². The Hall–Kier alpha value is -4.11. The van der Waals surface area contributed by atoms with Crippen LogP contribution in [-0.4, -0.2) is 24.6 Å². The van der Waals surface area contributed by atoms with Crippen LogP contribution >= 0.6 is 15.9 Å². The summed E-state index contributed by atoms with van der Waals surface area (Å²) in [7, 11) is 0. The van der Waals surface area contributed by atoms with Crippen molar-refractivity contribution in [2.24, 2.45) is 5.10 Å². The fraction of sp³-hybridized carbons (Fsp3) is 0.0417. The van der Waals surface area contributed by atoms with Crippen LogP contribution in [0, 0.1) is 0 Å². The molecule has 1 fully saturated rings. The van der Waals surface area contributed by atoms with Crippen LogP contribution in [0.4, 0.5) is 5.69 Å². The molecule has 0 atom stereocenters. The number of amides is 2. The van der Waals surface area contributed by atoms with Crippen LogP contribution < -0.4 is 25.1 Å². The third kappa shape index (κ3) is 4.31. The van der Waals surface area contributed by atoms with Crippen molar-refractivity contribution in [3.05, 3.63) is 94.1 Å². The largest absolute Gasteiger partial charge is 0.454 e. The Morgan fingerprint density at radius 2 is 1.79 bits per heavy atom. The van der Waals surface area contributed by atoms with E-state index in [9.17, 15) is 9.59 Å². The van der Waals surface area contributed by atoms with E-state index in [0.717, 1.165) is 10.0 Å². The number of hydrogen-bond donors (Lipinski definition) is 2. The Kier molecular flexibility index (Phi) is 5.54. The van der Waals surface area contributed by atoms with Crippen molar-refractivity contribution >= 4 is 45.5 Å². The maximum Gasteiger partial charge on any atom is 0.275 e. The summed E-state index contributed by atoms with van der Waals surface area (Å²) in [5, 5.41) is 6.93. The number of ether oxygens (including phenoxy) is 2. The summed E-state index contributed by atoms with van der Waals surface area (Å²) in [5.74, 6) is 0.706. The Morgan fingerprint density at radius 1 is 1.03 bits per heavy atom. The number of benzene rings is 3. The van der Waals surface area contributed by atoms with Gasteiger partial charge in [0.2, 0.25) is 12.8 Å². The number of carbonyl (C=O) groups excluding carboxylic acids is 2. The molecule has 5 rings (SSSR count). The van der Waals surface area contributed by atoms with Crippen molar-refractivity contribution in [1.29, 1.82) is 0 Å². The molecule has 8 nitrogen and oxygen atoms in total. The Bertz CT molecular complexity index is 1290. The normalized spacial score (nSPS) is 16.9. The molecule has 3 aromatic carbocycles. The van der Waals surface area contributed by atoms with Crippen molar-refractivity contribution < 1.29 is 19.1 Å². The standard InChI is InChI=1S/C24H17BrN4O4/c25-17-9-7-16(8-10-17)22(30)27-28-24-26-23(31)19(29(24)18-4-2-1-3-5-18)12-15-6-11-20-21(13-15)33-14-32-20/h1-13H,14H2,(H,27,30)(H,26,28,31). The zero-order valence-corrected chi connectivity index (χ0v) is 18.7. The molecule has 0 bridgehead atoms. The van der Waals surface area contributed by atoms with Gasteiger partial charge in [-0.3, -0.25) is 19.8 Å². The Labute approximate surface area is 197 Å². The molecule has 0 saturated carbocycles. The number of rotatable bonds is 4. The van der Waals surface area contributed by atoms with Crippen molar-refractivity contribution in [2.75, 3.05) is 11.7 Å². The fourth-order valence-electron chi connectivity index (χ4n) is 3.41. The van der Waals surface area contributed by atoms with Crippen molar-refractivity contribution in [1.82, 2.24) is 10.7 Å². The van der Waals surface area contributed by atoms with Gasteiger partial charge in [0.05, 0.1) is 0 Å². The third-order valence-corrected chi connectivity index (χ3v) is 5.52. The molecule has 2 amide bonds. The lowest BCUT2D eigenvalue weighted by Gasteiger charge is -2.18. The maximum absolute atomic E-state index is 12.9. The molecule has 33 heavy (non-hydrogen) atoms. The summed E-state index contributed by atoms with van der Waals surface area (Å²) in [6.07, 6.45) is 1.73. The molecule has 0 spiro atoms. The van der Waals surface area contributed by atoms with Gasteiger partial charge in [-0.05, 0) is 60.2 Å². The Morgan fingerprint density at radius 3 is 2.58 bits per heavy atom. The van der Waals surface area contributed by atoms with Gasteiger partial charge in [0.15, 0.2) is 11.5 Å². The number of halogens is 1. The van der Waals surface area contributed by atoms with Gasteiger partial charge in [-0.1, -0.05) is 40.2 Å². The van der Waals surface area contributed by atoms with Crippen LogP contribution in [0.25, 0.3) is 6.08 Å². The lowest BCUT2D eigenvalue weighted by Crippen LogP contribution is -2.33. The van der Waals surface area contributed by atoms with E-state index in [4.69, 9.17) is 9.47 Å². The highest BCUT2D eigenvalue weighted by molar-refractivity contribution is 9.10. The van der Waals surface area contributed by atoms with Crippen molar-refractivity contribution in [3.8, 4) is 11.5 Å². The van der Waals surface area contributed by atoms with Gasteiger partial charge in [-0.2, -0.15) is 0 Å². The van der Waals surface area contributed by atoms with Gasteiger partial charge >= 0.3 is 0 Å². The van der Waals surface area contributed by atoms with Crippen molar-refractivity contribution in [2.45, 2.75) is 0 Å². The minimum absolute atomic E-state index is 0.168. The van der Waals surface area contributed by atoms with Crippen LogP contribution in [0.2, 0.25) is 0 Å². The zero-order valence-electron chi connectivity index (χ0n) is 17.1. The molecule has 0 aromatic heterocycles. The van der Waals surface area contributed by atoms with Crippen LogP contribution in [0.1, 0.15) is 15.9 Å². The smallest absolute Gasteiger partial charge is 0.275 e. The SMILES string of the molecule is O=C1NC(=NNC(=O)c2ccc(Br)cc2)N(c2ccccc2)C1=Cc1ccc2c(c1)OCO2. The monoisotopic (exact) mass is 504 g/mol. The molecule has 2 heterocycles. The van der Waals surface area contributed by atoms with Gasteiger partial charge in [0.1, 0.15) is 5.70 Å². The van der Waals surface area contributed by atoms with Crippen LogP contribution in [0.3, 0.4) is 0 Å². The second kappa shape index (κ2) is 8.79. The second-order valence-electron chi connectivity index (χ2n) is 7.15. The van der Waals surface area contributed by atoms with Gasteiger partial charge in [0, 0.05) is 15.7 Å². The quantitative estimate of drug-likeness (QED) is 0.415. The van der Waals surface area contributed by atoms with Gasteiger partial charge in [-0.25, -0.2) is 5.43 Å². The summed E-state index contributed by atoms with van der Waals surface area (Å²) in [5.41, 5.74) is 4.76. The number of hydrazone groups is 1. The molecule has 2 N–H and O–H groups in total. The number of hydrogen-bond acceptors (Lipinski definition) is 5. The minimum atomic E-state index is -0.398. The van der Waals surface area contributed by atoms with E-state index in [1.807, 2.05) is 36.4 Å². The minimum Gasteiger partial charge on any atom is -0.454 e. The van der Waals surface area contributed by atoms with Gasteiger partial charge in [0.25, 0.3) is 11.8 Å². The van der Waals surface area contributed by atoms with Gasteiger partial charge < -0.3 is 9.47 Å². The van der Waals surface area contributed by atoms with E-state index in [-0.39, 0.29) is 18.7 Å². The average molecular weight is 505 g/mol. The first-order chi connectivity index (χ1) is 16.1. The second-order valence-corrected chi connectivity index (χ2v) is 8.07. The summed E-state index contributed by atoms with van der Waals surface area (Å²) < 4.78 is 11.7. The van der Waals surface area contributed by atoms with Gasteiger partial charge in [-0.15, -0.1) is 5.10 Å². The molecule has 2 aliphatic rings. The highest BCUT2D eigenvalue weighted by Crippen LogP contribution is 2.34. The molecular formula is C24H17BrN4O4. The molecule has 9 heteroatoms. The van der Waals surface area contributed by atoms with E-state index in [2.05, 4.69) is 31.8 Å². The highest BCUT2D eigenvalue weighted by atomic mass is 79.9. The molecule has 0 aliphatic carbocycles. The summed E-state index contributed by atoms with van der Waals surface area (Å²) in [6.45, 7) is 0.168. The van der Waals surface area contributed by atoms with Crippen LogP contribution in [0.5, 0.6) is 11.5 Å². The maximum atomic E-state index is 12.9. The number of anilines is 1. The lowest BCUT2D eigenvalue weighted by atomic mass is 10.1. The summed E-state index contributed by atoms with van der Waals surface area (Å²) in [4.78, 5) is 27.0. The molecule has 3 aromatic rings. The summed E-state index contributed by atoms with van der Waals surface area (Å²) >= 11 is 3.34. The third-order valence-electron chi connectivity index (χ3n) is 4.99. The number of nitrogens with one attached hydrogen (secondary N) is 2. The van der Waals surface area contributed by atoms with E-state index in [1.165, 1.54) is 0 Å². The number of para-hydroxylation sites is 1. The number of fused-ring (bicyclic) bond motifs is 1. The predicted octanol–water partition coefficient (Wildman–Crippen LogP) is 3.86. The van der Waals surface area contributed by atoms with E-state index < -0.39 is 5.91 Å². The average Bonchev–Trinajstić information content (AvgIpc) is 3.42. The first-order valence-electron chi connectivity index (χ1n) is 10.00. The highest BCUT2D eigenvalue weighted by Gasteiger charge is 2.33. The predicted molar refractivity (Wildman–Crippen MR) is 127 cm³/mol. The van der Waals surface area contributed by atoms with E-state index in [0.29, 0.717) is 28.4 Å². The topological polar surface area (TPSA) is 92.3 Å². The first-order valence-corrected chi connectivity index (χ1v) is 10.8. The van der Waals surface area contributed by atoms with Crippen molar-refractivity contribution in [3.63, 3.8) is 0 Å². The zero-order chi connectivity index (χ0) is 22.8. The number of guanidine groups is 1. The molecular weight excluding hydrogens is 488 g/mol. The molecule has 0 radical (unpaired) electrons. The fourth-order valence-corrected chi connectivity index (χ4v) is 3.68. The lowest BCUT2D eigenvalue weighted by molar-refractivity contribution is -0.115. The van der Waals surface area contributed by atoms with E-state index >= 15 is 0 Å². The van der Waals surface area contributed by atoms with Crippen LogP contribution in [-0.2, 0) is 4.79 Å². The summed E-state index contributed by atoms with van der Waals surface area (Å²) in [6, 6.07) is 21.6. The first kappa shape index (κ1) is 20.8. The van der Waals surface area contributed by atoms with E-state index in [1.54, 1.807) is 47.4 Å². The Balaban J connectivity index is 1.48. The molecule has 164 valence electrons. The number of nitrogens with zero attached hydrogens (tertiary/aromatic N) is 2. The molecule has 2 aliphatic heterocycles. The molecule has 0 unspecified atom stereocenters.